The van der Waals surface area contributed by atoms with Crippen molar-refractivity contribution in [3.8, 4) is 0 Å². The van der Waals surface area contributed by atoms with Crippen LogP contribution in [-0.2, 0) is 20.8 Å². The van der Waals surface area contributed by atoms with Crippen LogP contribution in [0.15, 0.2) is 58.5 Å². The molecule has 3 rings (SSSR count). The van der Waals surface area contributed by atoms with Gasteiger partial charge in [0.1, 0.15) is 0 Å². The first-order chi connectivity index (χ1) is 11.2. The van der Waals surface area contributed by atoms with Crippen LogP contribution in [0.25, 0.3) is 10.9 Å². The van der Waals surface area contributed by atoms with Crippen LogP contribution < -0.4 is 0 Å². The van der Waals surface area contributed by atoms with E-state index in [0.717, 1.165) is 18.2 Å². The van der Waals surface area contributed by atoms with Gasteiger partial charge in [0.15, 0.2) is 0 Å². The summed E-state index contributed by atoms with van der Waals surface area (Å²) in [4.78, 5) is 12.9. The molecule has 1 heterocycles. The summed E-state index contributed by atoms with van der Waals surface area (Å²) in [7, 11) is -4.13. The van der Waals surface area contributed by atoms with E-state index in [1.807, 2.05) is 0 Å². The van der Waals surface area contributed by atoms with Crippen LogP contribution in [0.2, 0.25) is 0 Å². The van der Waals surface area contributed by atoms with E-state index >= 15 is 0 Å². The largest absolute Gasteiger partial charge is 0.416 e. The number of hydrogen-bond donors (Lipinski definition) is 1. The quantitative estimate of drug-likeness (QED) is 0.785. The first-order valence-corrected chi connectivity index (χ1v) is 8.13. The zero-order chi connectivity index (χ0) is 17.5. The zero-order valence-electron chi connectivity index (χ0n) is 11.9. The molecule has 123 valence electrons. The lowest BCUT2D eigenvalue weighted by molar-refractivity contribution is -0.137. The van der Waals surface area contributed by atoms with Crippen molar-refractivity contribution in [2.75, 3.05) is 0 Å². The predicted molar refractivity (Wildman–Crippen MR) is 80.0 cm³/mol. The topological polar surface area (TPSA) is 67.0 Å². The van der Waals surface area contributed by atoms with Crippen LogP contribution in [0.5, 0.6) is 0 Å². The molecule has 0 unspecified atom stereocenters. The van der Waals surface area contributed by atoms with Gasteiger partial charge in [-0.25, -0.2) is 8.42 Å². The first kappa shape index (κ1) is 16.3. The molecule has 0 saturated heterocycles. The number of fused-ring (bicyclic) bond motifs is 1. The van der Waals surface area contributed by atoms with E-state index in [0.29, 0.717) is 17.0 Å². The maximum Gasteiger partial charge on any atom is 0.416 e. The number of carbonyl (C=O) groups excluding carboxylic acids is 1. The lowest BCUT2D eigenvalue weighted by Gasteiger charge is -2.09. The highest BCUT2D eigenvalue weighted by molar-refractivity contribution is 7.91. The molecule has 4 nitrogen and oxygen atoms in total. The number of benzene rings is 2. The monoisotopic (exact) mass is 352 g/mol. The molecule has 24 heavy (non-hydrogen) atoms. The second kappa shape index (κ2) is 5.48. The molecule has 1 radical (unpaired) electrons. The van der Waals surface area contributed by atoms with Crippen molar-refractivity contribution in [3.05, 3.63) is 59.8 Å². The van der Waals surface area contributed by atoms with Crippen molar-refractivity contribution in [3.63, 3.8) is 0 Å². The van der Waals surface area contributed by atoms with E-state index in [1.165, 1.54) is 24.4 Å². The molecule has 0 saturated carbocycles. The van der Waals surface area contributed by atoms with Crippen molar-refractivity contribution in [1.29, 1.82) is 0 Å². The highest BCUT2D eigenvalue weighted by Gasteiger charge is 2.32. The van der Waals surface area contributed by atoms with Gasteiger partial charge in [0.25, 0.3) is 0 Å². The second-order valence-electron chi connectivity index (χ2n) is 5.04. The lowest BCUT2D eigenvalue weighted by atomic mass is 10.2. The number of nitrogens with one attached hydrogen (secondary N) is 1. The summed E-state index contributed by atoms with van der Waals surface area (Å²) >= 11 is 0. The summed E-state index contributed by atoms with van der Waals surface area (Å²) in [6.45, 7) is 0. The Labute approximate surface area is 134 Å². The number of aromatic amines is 1. The molecule has 3 aromatic rings. The van der Waals surface area contributed by atoms with Gasteiger partial charge in [-0.3, -0.25) is 4.79 Å². The maximum absolute atomic E-state index is 12.8. The molecule has 0 bridgehead atoms. The standard InChI is InChI=1S/C16H9F3NO3S/c17-16(18,19)11-2-1-3-12(6-11)24(22,23)13-4-5-14-10(9-21)8-20-15(14)7-13/h1-8,20H. The fraction of sp³-hybridized carbons (Fsp3) is 0.0625. The molecule has 0 aliphatic carbocycles. The number of alkyl halides is 3. The minimum absolute atomic E-state index is 0.173. The van der Waals surface area contributed by atoms with Crippen LogP contribution >= 0.6 is 0 Å². The van der Waals surface area contributed by atoms with Gasteiger partial charge in [-0.15, -0.1) is 0 Å². The first-order valence-electron chi connectivity index (χ1n) is 6.65. The highest BCUT2D eigenvalue weighted by atomic mass is 32.2. The molecule has 1 N–H and O–H groups in total. The van der Waals surface area contributed by atoms with Gasteiger partial charge in [0.2, 0.25) is 16.1 Å². The maximum atomic E-state index is 12.8. The highest BCUT2D eigenvalue weighted by Crippen LogP contribution is 2.32. The third-order valence-corrected chi connectivity index (χ3v) is 5.29. The van der Waals surface area contributed by atoms with Gasteiger partial charge in [-0.1, -0.05) is 12.1 Å². The van der Waals surface area contributed by atoms with Gasteiger partial charge in [0.05, 0.1) is 20.9 Å². The summed E-state index contributed by atoms with van der Waals surface area (Å²) in [5.74, 6) is 0. The van der Waals surface area contributed by atoms with Crippen LogP contribution in [0, 0.1) is 0 Å². The Morgan fingerprint density at radius 3 is 2.38 bits per heavy atom. The summed E-state index contributed by atoms with van der Waals surface area (Å²) in [6.07, 6.45) is -1.55. The Bertz CT molecular complexity index is 1040. The summed E-state index contributed by atoms with van der Waals surface area (Å²) in [5.41, 5.74) is -0.420. The zero-order valence-corrected chi connectivity index (χ0v) is 12.7. The Balaban J connectivity index is 2.13. The number of halogens is 3. The third-order valence-electron chi connectivity index (χ3n) is 3.55. The number of aromatic nitrogens is 1. The summed E-state index contributed by atoms with van der Waals surface area (Å²) in [6, 6.07) is 7.47. The molecule has 0 atom stereocenters. The molecule has 2 aromatic carbocycles. The third kappa shape index (κ3) is 2.69. The fourth-order valence-corrected chi connectivity index (χ4v) is 3.66. The van der Waals surface area contributed by atoms with E-state index in [-0.39, 0.29) is 10.5 Å². The van der Waals surface area contributed by atoms with E-state index in [4.69, 9.17) is 0 Å². The van der Waals surface area contributed by atoms with Gasteiger partial charge < -0.3 is 4.98 Å². The molecule has 0 amide bonds. The van der Waals surface area contributed by atoms with Crippen molar-refractivity contribution in [2.24, 2.45) is 0 Å². The smallest absolute Gasteiger partial charge is 0.360 e. The van der Waals surface area contributed by atoms with Gasteiger partial charge in [-0.05, 0) is 30.3 Å². The van der Waals surface area contributed by atoms with Crippen molar-refractivity contribution in [2.45, 2.75) is 16.0 Å². The van der Waals surface area contributed by atoms with E-state index in [2.05, 4.69) is 4.98 Å². The number of hydrogen-bond acceptors (Lipinski definition) is 3. The molecular weight excluding hydrogens is 343 g/mol. The number of rotatable bonds is 3. The molecule has 0 aliphatic heterocycles. The van der Waals surface area contributed by atoms with Crippen molar-refractivity contribution >= 4 is 27.0 Å². The molecule has 0 aliphatic rings. The number of sulfone groups is 1. The normalized spacial score (nSPS) is 12.5. The predicted octanol–water partition coefficient (Wildman–Crippen LogP) is 3.48. The SMILES string of the molecule is O=[C]c1c[nH]c2cc(S(=O)(=O)c3cccc(C(F)(F)F)c3)ccc12. The second-order valence-corrected chi connectivity index (χ2v) is 6.99. The lowest BCUT2D eigenvalue weighted by Crippen LogP contribution is -2.08. The Morgan fingerprint density at radius 2 is 1.71 bits per heavy atom. The molecular formula is C16H9F3NO3S. The minimum Gasteiger partial charge on any atom is -0.360 e. The number of H-pyrrole nitrogens is 1. The van der Waals surface area contributed by atoms with E-state index < -0.39 is 26.5 Å². The summed E-state index contributed by atoms with van der Waals surface area (Å²) in [5, 5.41) is 0.480. The minimum atomic E-state index is -4.64. The average Bonchev–Trinajstić information content (AvgIpc) is 2.96. The average molecular weight is 352 g/mol. The molecule has 0 fully saturated rings. The van der Waals surface area contributed by atoms with Crippen LogP contribution in [0.1, 0.15) is 11.1 Å². The van der Waals surface area contributed by atoms with Gasteiger partial charge in [-0.2, -0.15) is 13.2 Å². The van der Waals surface area contributed by atoms with E-state index in [9.17, 15) is 26.4 Å². The Kier molecular flexibility index (Phi) is 3.71. The summed E-state index contributed by atoms with van der Waals surface area (Å²) < 4.78 is 63.5. The van der Waals surface area contributed by atoms with Crippen LogP contribution in [0.4, 0.5) is 13.2 Å². The molecule has 1 aromatic heterocycles. The Morgan fingerprint density at radius 1 is 1.00 bits per heavy atom. The van der Waals surface area contributed by atoms with Crippen LogP contribution in [0.3, 0.4) is 0 Å². The van der Waals surface area contributed by atoms with Crippen LogP contribution in [-0.4, -0.2) is 19.7 Å². The van der Waals surface area contributed by atoms with Crippen molar-refractivity contribution < 1.29 is 26.4 Å². The van der Waals surface area contributed by atoms with Gasteiger partial charge >= 0.3 is 6.18 Å². The van der Waals surface area contributed by atoms with Gasteiger partial charge in [0, 0.05) is 17.1 Å². The fourth-order valence-electron chi connectivity index (χ4n) is 2.33. The van der Waals surface area contributed by atoms with Crippen molar-refractivity contribution in [1.82, 2.24) is 4.98 Å². The Hall–Kier alpha value is -2.61. The molecule has 0 spiro atoms. The van der Waals surface area contributed by atoms with E-state index in [1.54, 1.807) is 6.29 Å². The molecule has 8 heteroatoms.